The van der Waals surface area contributed by atoms with Crippen LogP contribution >= 0.6 is 0 Å². The molecule has 2 N–H and O–H groups in total. The summed E-state index contributed by atoms with van der Waals surface area (Å²) in [6.45, 7) is 8.11. The molecular formula is C42H49F2N5O8S. The Morgan fingerprint density at radius 2 is 1.81 bits per heavy atom. The summed E-state index contributed by atoms with van der Waals surface area (Å²) in [5, 5.41) is 2.75. The van der Waals surface area contributed by atoms with Crippen LogP contribution < -0.4 is 19.5 Å². The third-order valence-corrected chi connectivity index (χ3v) is 13.5. The lowest BCUT2D eigenvalue weighted by molar-refractivity contribution is -0.148. The van der Waals surface area contributed by atoms with Crippen LogP contribution in [0.2, 0.25) is 0 Å². The summed E-state index contributed by atoms with van der Waals surface area (Å²) in [5.41, 5.74) is -0.455. The molecule has 0 radical (unpaired) electrons. The zero-order valence-electron chi connectivity index (χ0n) is 33.0. The summed E-state index contributed by atoms with van der Waals surface area (Å²) in [4.78, 5) is 63.6. The van der Waals surface area contributed by atoms with Gasteiger partial charge in [0, 0.05) is 54.8 Å². The molecule has 310 valence electrons. The van der Waals surface area contributed by atoms with Crippen LogP contribution in [0.3, 0.4) is 0 Å². The number of ether oxygens (including phenoxy) is 2. The van der Waals surface area contributed by atoms with Gasteiger partial charge in [0.05, 0.1) is 42.6 Å². The van der Waals surface area contributed by atoms with E-state index in [1.807, 2.05) is 30.3 Å². The molecule has 4 fully saturated rings. The van der Waals surface area contributed by atoms with Crippen LogP contribution in [0, 0.1) is 17.3 Å². The van der Waals surface area contributed by atoms with Crippen molar-refractivity contribution in [2.75, 3.05) is 26.7 Å². The van der Waals surface area contributed by atoms with E-state index in [4.69, 9.17) is 14.5 Å². The number of likely N-dealkylation sites (tertiary alicyclic amines) is 2. The fourth-order valence-electron chi connectivity index (χ4n) is 7.95. The smallest absolute Gasteiger partial charge is 0.267 e. The van der Waals surface area contributed by atoms with Gasteiger partial charge in [0.15, 0.2) is 0 Å². The first-order valence-corrected chi connectivity index (χ1v) is 21.1. The number of nitrogens with one attached hydrogen (secondary N) is 2. The number of benzene rings is 2. The van der Waals surface area contributed by atoms with Gasteiger partial charge in [-0.2, -0.15) is 0 Å². The van der Waals surface area contributed by atoms with E-state index >= 15 is 0 Å². The minimum atomic E-state index is -3.95. The van der Waals surface area contributed by atoms with E-state index < -0.39 is 92.7 Å². The summed E-state index contributed by atoms with van der Waals surface area (Å²) >= 11 is 0. The van der Waals surface area contributed by atoms with Gasteiger partial charge < -0.3 is 24.6 Å². The Hall–Kier alpha value is -5.12. The van der Waals surface area contributed by atoms with Crippen molar-refractivity contribution in [2.45, 2.75) is 88.2 Å². The second kappa shape index (κ2) is 15.2. The lowest BCUT2D eigenvalue weighted by Gasteiger charge is -2.35. The van der Waals surface area contributed by atoms with Gasteiger partial charge in [-0.25, -0.2) is 22.2 Å². The van der Waals surface area contributed by atoms with Crippen LogP contribution in [0.15, 0.2) is 67.3 Å². The van der Waals surface area contributed by atoms with Crippen LogP contribution in [-0.2, 0) is 29.2 Å². The molecule has 4 amide bonds. The molecular weight excluding hydrogens is 773 g/mol. The number of nitrogens with zero attached hydrogens (tertiary/aromatic N) is 3. The molecule has 2 aliphatic carbocycles. The van der Waals surface area contributed by atoms with Crippen LogP contribution in [0.5, 0.6) is 11.5 Å². The number of carbonyl (C=O) groups is 4. The third kappa shape index (κ3) is 8.38. The SMILES string of the molecule is C=C[C@@H]1C[C@]1(NC(=O)[C@@H]1C[C@@H](Oc2cc(-c3ccccc3)nc3cc(OC)ccc23)CN1C(=O)C(CC(=O)N1CCC(F)(F)C1)C(C)(C)C)C(=O)NS(=O)(=O)C1CC1. The maximum atomic E-state index is 14.8. The van der Waals surface area contributed by atoms with Crippen molar-refractivity contribution in [3.8, 4) is 22.8 Å². The number of hydrogen-bond donors (Lipinski definition) is 2. The highest BCUT2D eigenvalue weighted by atomic mass is 32.2. The summed E-state index contributed by atoms with van der Waals surface area (Å²) in [6, 6.07) is 15.4. The Bertz CT molecular complexity index is 2250. The number of halogens is 2. The van der Waals surface area contributed by atoms with Gasteiger partial charge in [-0.15, -0.1) is 6.58 Å². The first-order valence-electron chi connectivity index (χ1n) is 19.5. The van der Waals surface area contributed by atoms with Gasteiger partial charge in [-0.3, -0.25) is 23.9 Å². The quantitative estimate of drug-likeness (QED) is 0.230. The molecule has 3 aromatic rings. The van der Waals surface area contributed by atoms with E-state index in [2.05, 4.69) is 16.6 Å². The van der Waals surface area contributed by atoms with Crippen LogP contribution in [-0.4, -0.2) is 102 Å². The monoisotopic (exact) mass is 821 g/mol. The first-order chi connectivity index (χ1) is 27.3. The molecule has 4 aliphatic rings. The number of aromatic nitrogens is 1. The topological polar surface area (TPSA) is 164 Å². The highest BCUT2D eigenvalue weighted by molar-refractivity contribution is 7.91. The van der Waals surface area contributed by atoms with Crippen LogP contribution in [0.25, 0.3) is 22.2 Å². The lowest BCUT2D eigenvalue weighted by Crippen LogP contribution is -2.57. The van der Waals surface area contributed by atoms with Crippen molar-refractivity contribution < 1.29 is 45.9 Å². The number of methoxy groups -OCH3 is 1. The summed E-state index contributed by atoms with van der Waals surface area (Å²) in [6.07, 6.45) is 0.794. The van der Waals surface area contributed by atoms with E-state index in [0.29, 0.717) is 40.9 Å². The van der Waals surface area contributed by atoms with Crippen molar-refractivity contribution in [1.82, 2.24) is 24.8 Å². The molecule has 1 unspecified atom stereocenters. The number of amides is 4. The van der Waals surface area contributed by atoms with Gasteiger partial charge in [-0.1, -0.05) is 57.2 Å². The molecule has 3 heterocycles. The highest BCUT2D eigenvalue weighted by Gasteiger charge is 2.62. The minimum absolute atomic E-state index is 0.0296. The van der Waals surface area contributed by atoms with Crippen molar-refractivity contribution in [3.05, 3.63) is 67.3 Å². The molecule has 2 aliphatic heterocycles. The zero-order chi connectivity index (χ0) is 41.8. The number of alkyl halides is 2. The molecule has 5 atom stereocenters. The standard InChI is InChI=1S/C42H49F2N5O8S/c1-6-26-22-42(26,39(53)47-58(54,55)29-13-14-29)46-37(51)34-19-28(23-49(34)38(52)31(40(2,3)4)20-36(50)48-17-16-41(43,44)24-48)57-35-21-32(25-10-8-7-9-11-25)45-33-18-27(56-5)12-15-30(33)35/h6-12,15,18,21,26,28-29,31,34H,1,13-14,16-17,19-20,22-24H2,2-5H3,(H,46,51)(H,47,53)/t26-,28-,31?,34+,42-/m1/s1. The summed E-state index contributed by atoms with van der Waals surface area (Å²) in [7, 11) is -2.40. The molecule has 16 heteroatoms. The number of fused-ring (bicyclic) bond motifs is 1. The molecule has 58 heavy (non-hydrogen) atoms. The van der Waals surface area contributed by atoms with Crippen molar-refractivity contribution in [2.24, 2.45) is 17.3 Å². The number of hydrogen-bond acceptors (Lipinski definition) is 9. The van der Waals surface area contributed by atoms with Gasteiger partial charge >= 0.3 is 0 Å². The highest BCUT2D eigenvalue weighted by Crippen LogP contribution is 2.46. The predicted octanol–water partition coefficient (Wildman–Crippen LogP) is 4.85. The predicted molar refractivity (Wildman–Crippen MR) is 211 cm³/mol. The van der Waals surface area contributed by atoms with Crippen LogP contribution in [0.4, 0.5) is 8.78 Å². The average molecular weight is 822 g/mol. The fourth-order valence-corrected chi connectivity index (χ4v) is 9.31. The Labute approximate surface area is 336 Å². The van der Waals surface area contributed by atoms with Crippen LogP contribution in [0.1, 0.15) is 59.3 Å². The Kier molecular flexibility index (Phi) is 10.8. The number of rotatable bonds is 13. The number of carbonyl (C=O) groups excluding carboxylic acids is 4. The second-order valence-corrected chi connectivity index (χ2v) is 18.9. The minimum Gasteiger partial charge on any atom is -0.497 e. The van der Waals surface area contributed by atoms with Gasteiger partial charge in [0.25, 0.3) is 11.8 Å². The Morgan fingerprint density at radius 1 is 1.09 bits per heavy atom. The molecule has 1 aromatic heterocycles. The third-order valence-electron chi connectivity index (χ3n) is 11.7. The molecule has 2 aromatic carbocycles. The van der Waals surface area contributed by atoms with Gasteiger partial charge in [0.2, 0.25) is 27.7 Å². The summed E-state index contributed by atoms with van der Waals surface area (Å²) in [5.74, 6) is -6.35. The van der Waals surface area contributed by atoms with E-state index in [1.165, 1.54) is 11.0 Å². The van der Waals surface area contributed by atoms with E-state index in [-0.39, 0.29) is 32.4 Å². The first kappa shape index (κ1) is 41.1. The molecule has 13 nitrogen and oxygen atoms in total. The van der Waals surface area contributed by atoms with Gasteiger partial charge in [0.1, 0.15) is 29.2 Å². The average Bonchev–Trinajstić information content (AvgIpc) is 4.09. The van der Waals surface area contributed by atoms with E-state index in [0.717, 1.165) is 10.5 Å². The largest absolute Gasteiger partial charge is 0.497 e. The Morgan fingerprint density at radius 3 is 2.41 bits per heavy atom. The molecule has 2 saturated heterocycles. The maximum absolute atomic E-state index is 14.8. The lowest BCUT2D eigenvalue weighted by atomic mass is 9.77. The van der Waals surface area contributed by atoms with E-state index in [9.17, 15) is 36.4 Å². The number of pyridine rings is 1. The molecule has 0 bridgehead atoms. The van der Waals surface area contributed by atoms with Crippen molar-refractivity contribution >= 4 is 44.6 Å². The fraction of sp³-hybridized carbons (Fsp3) is 0.500. The van der Waals surface area contributed by atoms with Crippen molar-refractivity contribution in [3.63, 3.8) is 0 Å². The molecule has 2 saturated carbocycles. The second-order valence-electron chi connectivity index (χ2n) is 17.0. The normalized spacial score (nSPS) is 24.6. The maximum Gasteiger partial charge on any atom is 0.267 e. The van der Waals surface area contributed by atoms with E-state index in [1.54, 1.807) is 52.1 Å². The van der Waals surface area contributed by atoms with Gasteiger partial charge in [-0.05, 0) is 36.8 Å². The number of sulfonamides is 1. The Balaban J connectivity index is 1.21. The zero-order valence-corrected chi connectivity index (χ0v) is 33.8. The van der Waals surface area contributed by atoms with Crippen molar-refractivity contribution in [1.29, 1.82) is 0 Å². The molecule has 0 spiro atoms. The molecule has 7 rings (SSSR count). The summed E-state index contributed by atoms with van der Waals surface area (Å²) < 4.78 is 68.1.